The zero-order chi connectivity index (χ0) is 18.3. The van der Waals surface area contributed by atoms with Gasteiger partial charge in [-0.15, -0.1) is 0 Å². The standard InChI is InChI=1S/C25H23Br/c1-4-19-21-8-6-7-9-22(21)20(5-2)24-15-18(10-12-23(19)24)17-11-13-25(26)16(3)14-17/h6-15H,4-5H2,1-3H3. The van der Waals surface area contributed by atoms with Crippen LogP contribution >= 0.6 is 15.9 Å². The molecule has 26 heavy (non-hydrogen) atoms. The summed E-state index contributed by atoms with van der Waals surface area (Å²) in [5, 5.41) is 5.62. The molecule has 0 aromatic heterocycles. The lowest BCUT2D eigenvalue weighted by molar-refractivity contribution is 1.15. The van der Waals surface area contributed by atoms with Crippen LogP contribution in [0.4, 0.5) is 0 Å². The van der Waals surface area contributed by atoms with Crippen molar-refractivity contribution in [3.05, 3.63) is 81.8 Å². The molecule has 0 spiro atoms. The lowest BCUT2D eigenvalue weighted by atomic mass is 9.88. The fraction of sp³-hybridized carbons (Fsp3) is 0.200. The van der Waals surface area contributed by atoms with Crippen molar-refractivity contribution in [3.63, 3.8) is 0 Å². The van der Waals surface area contributed by atoms with Crippen molar-refractivity contribution in [1.82, 2.24) is 0 Å². The molecule has 0 amide bonds. The number of aryl methyl sites for hydroxylation is 3. The van der Waals surface area contributed by atoms with Gasteiger partial charge in [-0.1, -0.05) is 78.3 Å². The Morgan fingerprint density at radius 2 is 1.19 bits per heavy atom. The Hall–Kier alpha value is -2.12. The molecule has 4 aromatic rings. The van der Waals surface area contributed by atoms with Crippen molar-refractivity contribution in [2.75, 3.05) is 0 Å². The Labute approximate surface area is 164 Å². The molecule has 0 nitrogen and oxygen atoms in total. The summed E-state index contributed by atoms with van der Waals surface area (Å²) < 4.78 is 1.16. The van der Waals surface area contributed by atoms with E-state index < -0.39 is 0 Å². The minimum absolute atomic E-state index is 1.05. The molecular weight excluding hydrogens is 380 g/mol. The maximum absolute atomic E-state index is 3.61. The van der Waals surface area contributed by atoms with E-state index in [0.29, 0.717) is 0 Å². The summed E-state index contributed by atoms with van der Waals surface area (Å²) in [6.45, 7) is 6.68. The number of benzene rings is 4. The van der Waals surface area contributed by atoms with Crippen molar-refractivity contribution < 1.29 is 0 Å². The van der Waals surface area contributed by atoms with Crippen molar-refractivity contribution in [2.45, 2.75) is 33.6 Å². The number of hydrogen-bond donors (Lipinski definition) is 0. The van der Waals surface area contributed by atoms with Crippen LogP contribution in [0, 0.1) is 6.92 Å². The molecule has 0 bridgehead atoms. The van der Waals surface area contributed by atoms with Crippen molar-refractivity contribution in [2.24, 2.45) is 0 Å². The minimum Gasteiger partial charge on any atom is -0.0616 e. The molecule has 1 heteroatoms. The van der Waals surface area contributed by atoms with Gasteiger partial charge in [0.05, 0.1) is 0 Å². The molecule has 0 fully saturated rings. The summed E-state index contributed by atoms with van der Waals surface area (Å²) in [4.78, 5) is 0. The van der Waals surface area contributed by atoms with E-state index in [1.807, 2.05) is 0 Å². The van der Waals surface area contributed by atoms with Gasteiger partial charge in [0, 0.05) is 4.47 Å². The highest BCUT2D eigenvalue weighted by molar-refractivity contribution is 9.10. The van der Waals surface area contributed by atoms with E-state index >= 15 is 0 Å². The molecular formula is C25H23Br. The third-order valence-corrected chi connectivity index (χ3v) is 6.34. The molecule has 0 radical (unpaired) electrons. The van der Waals surface area contributed by atoms with Gasteiger partial charge < -0.3 is 0 Å². The SMILES string of the molecule is CCc1c2ccccc2c(CC)c2cc(-c3ccc(Br)c(C)c3)ccc12. The summed E-state index contributed by atoms with van der Waals surface area (Å²) >= 11 is 3.61. The van der Waals surface area contributed by atoms with Gasteiger partial charge in [-0.05, 0) is 81.3 Å². The third kappa shape index (κ3) is 2.75. The molecule has 0 unspecified atom stereocenters. The number of rotatable bonds is 3. The smallest absolute Gasteiger partial charge is 0.0204 e. The summed E-state index contributed by atoms with van der Waals surface area (Å²) in [6.07, 6.45) is 2.10. The van der Waals surface area contributed by atoms with Crippen LogP contribution < -0.4 is 0 Å². The summed E-state index contributed by atoms with van der Waals surface area (Å²) in [7, 11) is 0. The number of halogens is 1. The predicted molar refractivity (Wildman–Crippen MR) is 118 cm³/mol. The molecule has 130 valence electrons. The summed E-state index contributed by atoms with van der Waals surface area (Å²) in [5.41, 5.74) is 6.77. The van der Waals surface area contributed by atoms with Crippen molar-refractivity contribution >= 4 is 37.5 Å². The highest BCUT2D eigenvalue weighted by Crippen LogP contribution is 2.36. The van der Waals surface area contributed by atoms with Gasteiger partial charge in [0.25, 0.3) is 0 Å². The molecule has 0 N–H and O–H groups in total. The summed E-state index contributed by atoms with van der Waals surface area (Å²) in [6, 6.07) is 22.5. The lowest BCUT2D eigenvalue weighted by Gasteiger charge is -2.16. The van der Waals surface area contributed by atoms with Gasteiger partial charge in [0.15, 0.2) is 0 Å². The van der Waals surface area contributed by atoms with Gasteiger partial charge in [-0.3, -0.25) is 0 Å². The number of hydrogen-bond acceptors (Lipinski definition) is 0. The first-order valence-electron chi connectivity index (χ1n) is 9.36. The van der Waals surface area contributed by atoms with E-state index in [9.17, 15) is 0 Å². The quantitative estimate of drug-likeness (QED) is 0.306. The first kappa shape index (κ1) is 17.3. The average Bonchev–Trinajstić information content (AvgIpc) is 2.67. The van der Waals surface area contributed by atoms with Crippen molar-refractivity contribution in [1.29, 1.82) is 0 Å². The van der Waals surface area contributed by atoms with E-state index in [4.69, 9.17) is 0 Å². The third-order valence-electron chi connectivity index (χ3n) is 5.45. The highest BCUT2D eigenvalue weighted by atomic mass is 79.9. The van der Waals surface area contributed by atoms with E-state index in [-0.39, 0.29) is 0 Å². The zero-order valence-electron chi connectivity index (χ0n) is 15.6. The second-order valence-corrected chi connectivity index (χ2v) is 7.79. The van der Waals surface area contributed by atoms with Crippen LogP contribution in [0.3, 0.4) is 0 Å². The van der Waals surface area contributed by atoms with Crippen LogP contribution in [0.2, 0.25) is 0 Å². The molecule has 0 aliphatic rings. The lowest BCUT2D eigenvalue weighted by Crippen LogP contribution is -1.94. The van der Waals surface area contributed by atoms with Gasteiger partial charge in [-0.25, -0.2) is 0 Å². The minimum atomic E-state index is 1.05. The molecule has 0 atom stereocenters. The fourth-order valence-electron chi connectivity index (χ4n) is 4.12. The largest absolute Gasteiger partial charge is 0.0616 e. The average molecular weight is 403 g/mol. The first-order valence-corrected chi connectivity index (χ1v) is 10.2. The van der Waals surface area contributed by atoms with Crippen LogP contribution in [0.1, 0.15) is 30.5 Å². The Bertz CT molecular complexity index is 1120. The monoisotopic (exact) mass is 402 g/mol. The molecule has 0 saturated carbocycles. The normalized spacial score (nSPS) is 11.4. The Morgan fingerprint density at radius 1 is 0.654 bits per heavy atom. The van der Waals surface area contributed by atoms with Crippen LogP contribution in [0.5, 0.6) is 0 Å². The van der Waals surface area contributed by atoms with Crippen LogP contribution in [-0.2, 0) is 12.8 Å². The number of fused-ring (bicyclic) bond motifs is 2. The molecule has 4 rings (SSSR count). The molecule has 0 heterocycles. The van der Waals surface area contributed by atoms with E-state index in [0.717, 1.165) is 17.3 Å². The van der Waals surface area contributed by atoms with Gasteiger partial charge in [0.1, 0.15) is 0 Å². The predicted octanol–water partition coefficient (Wildman–Crippen LogP) is 7.86. The van der Waals surface area contributed by atoms with Gasteiger partial charge >= 0.3 is 0 Å². The fourth-order valence-corrected chi connectivity index (χ4v) is 4.37. The van der Waals surface area contributed by atoms with E-state index in [2.05, 4.69) is 97.4 Å². The van der Waals surface area contributed by atoms with E-state index in [1.165, 1.54) is 49.4 Å². The second kappa shape index (κ2) is 6.89. The topological polar surface area (TPSA) is 0 Å². The molecule has 0 saturated heterocycles. The summed E-state index contributed by atoms with van der Waals surface area (Å²) in [5.74, 6) is 0. The second-order valence-electron chi connectivity index (χ2n) is 6.93. The van der Waals surface area contributed by atoms with Crippen LogP contribution in [0.15, 0.2) is 65.1 Å². The van der Waals surface area contributed by atoms with Gasteiger partial charge in [0.2, 0.25) is 0 Å². The highest BCUT2D eigenvalue weighted by Gasteiger charge is 2.13. The van der Waals surface area contributed by atoms with Crippen LogP contribution in [-0.4, -0.2) is 0 Å². The zero-order valence-corrected chi connectivity index (χ0v) is 17.2. The molecule has 0 aliphatic carbocycles. The van der Waals surface area contributed by atoms with Crippen molar-refractivity contribution in [3.8, 4) is 11.1 Å². The maximum Gasteiger partial charge on any atom is 0.0204 e. The van der Waals surface area contributed by atoms with Gasteiger partial charge in [-0.2, -0.15) is 0 Å². The Kier molecular flexibility index (Phi) is 4.58. The van der Waals surface area contributed by atoms with E-state index in [1.54, 1.807) is 0 Å². The first-order chi connectivity index (χ1) is 12.6. The Balaban J connectivity index is 2.06. The maximum atomic E-state index is 3.61. The molecule has 0 aliphatic heterocycles. The molecule has 4 aromatic carbocycles. The van der Waals surface area contributed by atoms with Crippen LogP contribution in [0.25, 0.3) is 32.7 Å². The Morgan fingerprint density at radius 3 is 1.81 bits per heavy atom.